The van der Waals surface area contributed by atoms with Crippen LogP contribution in [-0.2, 0) is 5.41 Å². The van der Waals surface area contributed by atoms with E-state index in [9.17, 15) is 0 Å². The Bertz CT molecular complexity index is 2370. The molecule has 50 heavy (non-hydrogen) atoms. The van der Waals surface area contributed by atoms with Crippen LogP contribution in [0.5, 0.6) is 0 Å². The number of hydrogen-bond donors (Lipinski definition) is 0. The summed E-state index contributed by atoms with van der Waals surface area (Å²) in [6.07, 6.45) is 10.9. The van der Waals surface area contributed by atoms with Gasteiger partial charge in [0.15, 0.2) is 5.84 Å². The summed E-state index contributed by atoms with van der Waals surface area (Å²) in [5.74, 6) is 1.30. The molecule has 1 aromatic heterocycles. The number of amidine groups is 1. The Morgan fingerprint density at radius 1 is 0.680 bits per heavy atom. The van der Waals surface area contributed by atoms with Gasteiger partial charge in [-0.1, -0.05) is 160 Å². The van der Waals surface area contributed by atoms with Gasteiger partial charge in [-0.3, -0.25) is 4.98 Å². The van der Waals surface area contributed by atoms with E-state index in [1.165, 1.54) is 16.7 Å². The van der Waals surface area contributed by atoms with Crippen molar-refractivity contribution in [2.45, 2.75) is 32.1 Å². The lowest BCUT2D eigenvalue weighted by atomic mass is 9.74. The highest BCUT2D eigenvalue weighted by molar-refractivity contribution is 6.14. The average molecular weight is 646 g/mol. The molecule has 2 atom stereocenters. The maximum Gasteiger partial charge on any atom is 0.160 e. The molecule has 2 aliphatic rings. The second kappa shape index (κ2) is 12.8. The molecule has 2 aliphatic carbocycles. The number of aromatic nitrogens is 1. The van der Waals surface area contributed by atoms with Crippen molar-refractivity contribution in [1.29, 1.82) is 0 Å². The highest BCUT2D eigenvalue weighted by Gasteiger charge is 2.45. The van der Waals surface area contributed by atoms with Gasteiger partial charge in [0.05, 0.1) is 11.2 Å². The third kappa shape index (κ3) is 5.65. The fourth-order valence-electron chi connectivity index (χ4n) is 7.73. The Balaban J connectivity index is 1.22. The SMILES string of the molecule is C=C(N=C(N=C(C)c1cccc(-c2ccccc2)c1)c1cccc2c1C1C=CC=CC1C2(C)C)c1ccc(-c2cccc3cccnc23)cc1. The number of benzene rings is 5. The Hall–Kier alpha value is -5.93. The molecule has 0 fully saturated rings. The zero-order valence-corrected chi connectivity index (χ0v) is 28.7. The standard InChI is InChI=1S/C47H39N3/c1-31(33-25-27-35(28-26-33)39-21-11-16-36-19-13-29-48-45(36)39)49-46(50-32(2)37-17-10-18-38(30-37)34-14-6-5-7-15-34)41-22-12-24-43-44(41)40-20-8-9-23-42(40)47(43,3)4/h5-30,40,42H,1H2,2-4H3. The summed E-state index contributed by atoms with van der Waals surface area (Å²) < 4.78 is 0. The molecule has 242 valence electrons. The van der Waals surface area contributed by atoms with E-state index in [1.54, 1.807) is 0 Å². The van der Waals surface area contributed by atoms with Gasteiger partial charge in [0, 0.05) is 34.3 Å². The van der Waals surface area contributed by atoms with Gasteiger partial charge in [0.1, 0.15) is 0 Å². The van der Waals surface area contributed by atoms with Crippen LogP contribution < -0.4 is 0 Å². The van der Waals surface area contributed by atoms with Crippen LogP contribution in [0.2, 0.25) is 0 Å². The second-order valence-corrected chi connectivity index (χ2v) is 13.8. The smallest absolute Gasteiger partial charge is 0.160 e. The fourth-order valence-corrected chi connectivity index (χ4v) is 7.73. The molecule has 3 nitrogen and oxygen atoms in total. The zero-order valence-electron chi connectivity index (χ0n) is 28.7. The Morgan fingerprint density at radius 3 is 2.26 bits per heavy atom. The summed E-state index contributed by atoms with van der Waals surface area (Å²) in [6.45, 7) is 11.3. The normalized spacial score (nSPS) is 17.8. The predicted molar refractivity (Wildman–Crippen MR) is 211 cm³/mol. The van der Waals surface area contributed by atoms with Crippen molar-refractivity contribution in [3.8, 4) is 22.3 Å². The number of nitrogens with zero attached hydrogens (tertiary/aromatic N) is 3. The van der Waals surface area contributed by atoms with Crippen LogP contribution in [-0.4, -0.2) is 16.5 Å². The Morgan fingerprint density at radius 2 is 1.42 bits per heavy atom. The fraction of sp³-hybridized carbons (Fsp3) is 0.128. The van der Waals surface area contributed by atoms with E-state index in [-0.39, 0.29) is 11.3 Å². The first-order valence-corrected chi connectivity index (χ1v) is 17.3. The van der Waals surface area contributed by atoms with Crippen molar-refractivity contribution in [2.24, 2.45) is 15.9 Å². The molecule has 0 bridgehead atoms. The molecular formula is C47H39N3. The van der Waals surface area contributed by atoms with Crippen LogP contribution in [0.1, 0.15) is 54.5 Å². The number of pyridine rings is 1. The van der Waals surface area contributed by atoms with E-state index in [0.29, 0.717) is 17.5 Å². The van der Waals surface area contributed by atoms with Crippen LogP contribution >= 0.6 is 0 Å². The summed E-state index contributed by atoms with van der Waals surface area (Å²) in [7, 11) is 0. The number of aliphatic imine (C=N–C) groups is 2. The molecule has 0 aliphatic heterocycles. The lowest BCUT2D eigenvalue weighted by Crippen LogP contribution is -2.24. The number of rotatable bonds is 6. The largest absolute Gasteiger partial charge is 0.256 e. The van der Waals surface area contributed by atoms with Gasteiger partial charge in [0.25, 0.3) is 0 Å². The van der Waals surface area contributed by atoms with Crippen LogP contribution in [0.4, 0.5) is 0 Å². The first-order valence-electron chi connectivity index (χ1n) is 17.3. The van der Waals surface area contributed by atoms with Crippen molar-refractivity contribution < 1.29 is 0 Å². The van der Waals surface area contributed by atoms with Gasteiger partial charge < -0.3 is 0 Å². The highest BCUT2D eigenvalue weighted by atomic mass is 14.9. The monoisotopic (exact) mass is 645 g/mol. The minimum Gasteiger partial charge on any atom is -0.256 e. The van der Waals surface area contributed by atoms with E-state index in [4.69, 9.17) is 9.98 Å². The summed E-state index contributed by atoms with van der Waals surface area (Å²) >= 11 is 0. The molecule has 2 unspecified atom stereocenters. The van der Waals surface area contributed by atoms with Crippen LogP contribution in [0.15, 0.2) is 174 Å². The lowest BCUT2D eigenvalue weighted by molar-refractivity contribution is 0.394. The van der Waals surface area contributed by atoms with Crippen molar-refractivity contribution in [1.82, 2.24) is 4.98 Å². The lowest BCUT2D eigenvalue weighted by Gasteiger charge is -2.29. The number of allylic oxidation sites excluding steroid dienone is 4. The topological polar surface area (TPSA) is 37.6 Å². The molecule has 0 saturated heterocycles. The summed E-state index contributed by atoms with van der Waals surface area (Å²) in [5, 5.41) is 1.12. The van der Waals surface area contributed by atoms with Crippen LogP contribution in [0.3, 0.4) is 0 Å². The minimum absolute atomic E-state index is 0.0194. The summed E-state index contributed by atoms with van der Waals surface area (Å²) in [4.78, 5) is 15.3. The third-order valence-corrected chi connectivity index (χ3v) is 10.4. The zero-order chi connectivity index (χ0) is 34.2. The van der Waals surface area contributed by atoms with Crippen molar-refractivity contribution in [3.05, 3.63) is 192 Å². The molecule has 0 radical (unpaired) electrons. The van der Waals surface area contributed by atoms with E-state index in [0.717, 1.165) is 50.0 Å². The maximum absolute atomic E-state index is 5.33. The quantitative estimate of drug-likeness (QED) is 0.131. The molecule has 1 heterocycles. The van der Waals surface area contributed by atoms with E-state index in [2.05, 4.69) is 172 Å². The molecular weight excluding hydrogens is 607 g/mol. The number of para-hydroxylation sites is 1. The van der Waals surface area contributed by atoms with Crippen LogP contribution in [0, 0.1) is 5.92 Å². The van der Waals surface area contributed by atoms with Crippen LogP contribution in [0.25, 0.3) is 38.9 Å². The van der Waals surface area contributed by atoms with Gasteiger partial charge in [0.2, 0.25) is 0 Å². The first kappa shape index (κ1) is 31.3. The summed E-state index contributed by atoms with van der Waals surface area (Å²) in [5.41, 5.74) is 12.8. The van der Waals surface area contributed by atoms with Gasteiger partial charge in [-0.25, -0.2) is 9.98 Å². The molecule has 0 N–H and O–H groups in total. The van der Waals surface area contributed by atoms with E-state index in [1.807, 2.05) is 18.3 Å². The number of hydrogen-bond acceptors (Lipinski definition) is 2. The van der Waals surface area contributed by atoms with Crippen molar-refractivity contribution >= 4 is 28.1 Å². The van der Waals surface area contributed by atoms with Crippen molar-refractivity contribution in [2.75, 3.05) is 0 Å². The molecule has 5 aromatic carbocycles. The molecule has 6 aromatic rings. The highest BCUT2D eigenvalue weighted by Crippen LogP contribution is 2.54. The predicted octanol–water partition coefficient (Wildman–Crippen LogP) is 11.6. The average Bonchev–Trinajstić information content (AvgIpc) is 3.41. The molecule has 8 rings (SSSR count). The van der Waals surface area contributed by atoms with Gasteiger partial charge in [-0.2, -0.15) is 0 Å². The van der Waals surface area contributed by atoms with Gasteiger partial charge >= 0.3 is 0 Å². The van der Waals surface area contributed by atoms with Gasteiger partial charge in [-0.15, -0.1) is 0 Å². The molecule has 0 amide bonds. The molecule has 0 spiro atoms. The minimum atomic E-state index is -0.0194. The van der Waals surface area contributed by atoms with Crippen molar-refractivity contribution in [3.63, 3.8) is 0 Å². The van der Waals surface area contributed by atoms with Gasteiger partial charge in [-0.05, 0) is 69.3 Å². The summed E-state index contributed by atoms with van der Waals surface area (Å²) in [6, 6.07) is 44.5. The first-order chi connectivity index (χ1) is 24.4. The number of fused-ring (bicyclic) bond motifs is 4. The molecule has 0 saturated carbocycles. The maximum atomic E-state index is 5.33. The van der Waals surface area contributed by atoms with E-state index >= 15 is 0 Å². The third-order valence-electron chi connectivity index (χ3n) is 10.4. The molecule has 3 heteroatoms. The Labute approximate surface area is 294 Å². The van der Waals surface area contributed by atoms with E-state index < -0.39 is 0 Å². The Kier molecular flexibility index (Phi) is 8.05. The second-order valence-electron chi connectivity index (χ2n) is 13.8.